The average molecular weight is 242 g/mol. The highest BCUT2D eigenvalue weighted by Gasteiger charge is 2.02. The van der Waals surface area contributed by atoms with Crippen LogP contribution in [0.2, 0.25) is 0 Å². The summed E-state index contributed by atoms with van der Waals surface area (Å²) in [6, 6.07) is 7.03. The van der Waals surface area contributed by atoms with Crippen molar-refractivity contribution in [3.05, 3.63) is 54.1 Å². The molecular weight excluding hydrogens is 228 g/mol. The molecule has 0 atom stereocenters. The summed E-state index contributed by atoms with van der Waals surface area (Å²) in [6.07, 6.45) is 6.69. The van der Waals surface area contributed by atoms with Gasteiger partial charge in [-0.05, 0) is 36.4 Å². The van der Waals surface area contributed by atoms with Crippen molar-refractivity contribution in [2.24, 2.45) is 7.05 Å². The number of nitrogens with zero attached hydrogens (tertiary/aromatic N) is 2. The van der Waals surface area contributed by atoms with Gasteiger partial charge in [-0.3, -0.25) is 4.79 Å². The second-order valence-corrected chi connectivity index (χ2v) is 3.86. The molecule has 2 rings (SSSR count). The largest absolute Gasteiger partial charge is 0.497 e. The topological polar surface area (TPSA) is 44.1 Å². The minimum atomic E-state index is -0.0427. The molecule has 0 unspecified atom stereocenters. The lowest BCUT2D eigenvalue weighted by Crippen LogP contribution is -1.95. The van der Waals surface area contributed by atoms with Crippen molar-refractivity contribution in [1.82, 2.24) is 9.55 Å². The van der Waals surface area contributed by atoms with Crippen LogP contribution in [0.4, 0.5) is 0 Å². The second-order valence-electron chi connectivity index (χ2n) is 3.86. The molecule has 0 N–H and O–H groups in total. The minimum absolute atomic E-state index is 0.0427. The van der Waals surface area contributed by atoms with Crippen LogP contribution < -0.4 is 4.74 Å². The first-order chi connectivity index (χ1) is 8.70. The van der Waals surface area contributed by atoms with Crippen molar-refractivity contribution < 1.29 is 9.53 Å². The molecule has 0 aliphatic heterocycles. The molecular formula is C14H14N2O2. The summed E-state index contributed by atoms with van der Waals surface area (Å²) in [5, 5.41) is 0. The van der Waals surface area contributed by atoms with Crippen LogP contribution in [0.25, 0.3) is 6.08 Å². The number of rotatable bonds is 4. The molecule has 0 bridgehead atoms. The molecule has 1 aromatic carbocycles. The van der Waals surface area contributed by atoms with Crippen LogP contribution in [0.5, 0.6) is 5.75 Å². The Balaban J connectivity index is 2.12. The monoisotopic (exact) mass is 242 g/mol. The molecule has 1 aromatic heterocycles. The SMILES string of the molecule is COc1ccc(C(=O)/C=C/c2cncn2C)cc1. The Kier molecular flexibility index (Phi) is 3.57. The molecule has 0 saturated heterocycles. The van der Waals surface area contributed by atoms with Crippen molar-refractivity contribution in [1.29, 1.82) is 0 Å². The summed E-state index contributed by atoms with van der Waals surface area (Å²) < 4.78 is 6.89. The van der Waals surface area contributed by atoms with Crippen LogP contribution in [-0.2, 0) is 7.05 Å². The number of carbonyl (C=O) groups excluding carboxylic acids is 1. The quantitative estimate of drug-likeness (QED) is 0.610. The zero-order valence-electron chi connectivity index (χ0n) is 10.3. The first kappa shape index (κ1) is 12.1. The fraction of sp³-hybridized carbons (Fsp3) is 0.143. The third-order valence-electron chi connectivity index (χ3n) is 2.63. The number of aryl methyl sites for hydroxylation is 1. The van der Waals surface area contributed by atoms with E-state index in [0.29, 0.717) is 5.56 Å². The van der Waals surface area contributed by atoms with Crippen LogP contribution in [0.15, 0.2) is 42.9 Å². The molecule has 18 heavy (non-hydrogen) atoms. The Bertz CT molecular complexity index is 568. The number of imidazole rings is 1. The Morgan fingerprint density at radius 2 is 2.06 bits per heavy atom. The van der Waals surface area contributed by atoms with E-state index < -0.39 is 0 Å². The zero-order valence-corrected chi connectivity index (χ0v) is 10.3. The summed E-state index contributed by atoms with van der Waals surface area (Å²) in [7, 11) is 3.48. The average Bonchev–Trinajstić information content (AvgIpc) is 2.81. The van der Waals surface area contributed by atoms with Gasteiger partial charge >= 0.3 is 0 Å². The molecule has 1 heterocycles. The van der Waals surface area contributed by atoms with Crippen LogP contribution >= 0.6 is 0 Å². The minimum Gasteiger partial charge on any atom is -0.497 e. The number of allylic oxidation sites excluding steroid dienone is 1. The van der Waals surface area contributed by atoms with Crippen molar-refractivity contribution in [2.45, 2.75) is 0 Å². The maximum atomic E-state index is 11.9. The van der Waals surface area contributed by atoms with Gasteiger partial charge in [0, 0.05) is 12.6 Å². The zero-order chi connectivity index (χ0) is 13.0. The van der Waals surface area contributed by atoms with Crippen molar-refractivity contribution in [3.63, 3.8) is 0 Å². The maximum Gasteiger partial charge on any atom is 0.185 e. The molecule has 0 radical (unpaired) electrons. The Morgan fingerprint density at radius 1 is 1.33 bits per heavy atom. The lowest BCUT2D eigenvalue weighted by Gasteiger charge is -2.00. The van der Waals surface area contributed by atoms with E-state index in [1.165, 1.54) is 0 Å². The first-order valence-electron chi connectivity index (χ1n) is 5.53. The van der Waals surface area contributed by atoms with Gasteiger partial charge in [-0.2, -0.15) is 0 Å². The van der Waals surface area contributed by atoms with Gasteiger partial charge < -0.3 is 9.30 Å². The fourth-order valence-corrected chi connectivity index (χ4v) is 1.54. The first-order valence-corrected chi connectivity index (χ1v) is 5.53. The number of benzene rings is 1. The molecule has 0 aliphatic carbocycles. The molecule has 0 saturated carbocycles. The van der Waals surface area contributed by atoms with E-state index in [-0.39, 0.29) is 5.78 Å². The van der Waals surface area contributed by atoms with E-state index in [1.807, 2.05) is 11.6 Å². The van der Waals surface area contributed by atoms with E-state index in [0.717, 1.165) is 11.4 Å². The molecule has 2 aromatic rings. The van der Waals surface area contributed by atoms with Gasteiger partial charge in [0.15, 0.2) is 5.78 Å². The summed E-state index contributed by atoms with van der Waals surface area (Å²) in [5.74, 6) is 0.695. The highest BCUT2D eigenvalue weighted by molar-refractivity contribution is 6.06. The fourth-order valence-electron chi connectivity index (χ4n) is 1.54. The van der Waals surface area contributed by atoms with Gasteiger partial charge in [0.2, 0.25) is 0 Å². The Morgan fingerprint density at radius 3 is 2.61 bits per heavy atom. The highest BCUT2D eigenvalue weighted by Crippen LogP contribution is 2.12. The standard InChI is InChI=1S/C14H14N2O2/c1-16-10-15-9-12(16)5-8-14(17)11-3-6-13(18-2)7-4-11/h3-10H,1-2H3/b8-5+. The predicted octanol–water partition coefficient (Wildman–Crippen LogP) is 2.32. The molecule has 4 nitrogen and oxygen atoms in total. The summed E-state index contributed by atoms with van der Waals surface area (Å²) in [6.45, 7) is 0. The van der Waals surface area contributed by atoms with Gasteiger partial charge in [-0.1, -0.05) is 0 Å². The van der Waals surface area contributed by atoms with Crippen LogP contribution in [0, 0.1) is 0 Å². The van der Waals surface area contributed by atoms with Gasteiger partial charge in [0.05, 0.1) is 25.3 Å². The molecule has 92 valence electrons. The third kappa shape index (κ3) is 2.66. The van der Waals surface area contributed by atoms with Crippen molar-refractivity contribution in [2.75, 3.05) is 7.11 Å². The van der Waals surface area contributed by atoms with Crippen molar-refractivity contribution >= 4 is 11.9 Å². The number of hydrogen-bond acceptors (Lipinski definition) is 3. The van der Waals surface area contributed by atoms with Crippen LogP contribution in [0.3, 0.4) is 0 Å². The maximum absolute atomic E-state index is 11.9. The van der Waals surface area contributed by atoms with Gasteiger partial charge in [-0.25, -0.2) is 4.98 Å². The predicted molar refractivity (Wildman–Crippen MR) is 69.6 cm³/mol. The molecule has 0 amide bonds. The lowest BCUT2D eigenvalue weighted by molar-refractivity contribution is 0.104. The van der Waals surface area contributed by atoms with Crippen LogP contribution in [-0.4, -0.2) is 22.4 Å². The van der Waals surface area contributed by atoms with E-state index >= 15 is 0 Å². The van der Waals surface area contributed by atoms with Crippen molar-refractivity contribution in [3.8, 4) is 5.75 Å². The second kappa shape index (κ2) is 5.31. The molecule has 4 heteroatoms. The number of methoxy groups -OCH3 is 1. The van der Waals surface area contributed by atoms with Gasteiger partial charge in [0.25, 0.3) is 0 Å². The summed E-state index contributed by atoms with van der Waals surface area (Å²) in [4.78, 5) is 15.9. The Labute approximate surface area is 106 Å². The lowest BCUT2D eigenvalue weighted by atomic mass is 10.1. The number of ketones is 1. The van der Waals surface area contributed by atoms with Crippen LogP contribution in [0.1, 0.15) is 16.1 Å². The summed E-state index contributed by atoms with van der Waals surface area (Å²) >= 11 is 0. The number of hydrogen-bond donors (Lipinski definition) is 0. The van der Waals surface area contributed by atoms with E-state index in [9.17, 15) is 4.79 Å². The molecule has 0 fully saturated rings. The smallest absolute Gasteiger partial charge is 0.185 e. The van der Waals surface area contributed by atoms with E-state index in [2.05, 4.69) is 4.98 Å². The van der Waals surface area contributed by atoms with E-state index in [4.69, 9.17) is 4.74 Å². The number of ether oxygens (including phenoxy) is 1. The number of aromatic nitrogens is 2. The third-order valence-corrected chi connectivity index (χ3v) is 2.63. The number of carbonyl (C=O) groups is 1. The van der Waals surface area contributed by atoms with E-state index in [1.54, 1.807) is 56.1 Å². The van der Waals surface area contributed by atoms with Gasteiger partial charge in [-0.15, -0.1) is 0 Å². The summed E-state index contributed by atoms with van der Waals surface area (Å²) in [5.41, 5.74) is 1.52. The highest BCUT2D eigenvalue weighted by atomic mass is 16.5. The molecule has 0 spiro atoms. The Hall–Kier alpha value is -2.36. The van der Waals surface area contributed by atoms with Gasteiger partial charge in [0.1, 0.15) is 5.75 Å². The molecule has 0 aliphatic rings. The normalized spacial score (nSPS) is 10.8.